The number of aromatic nitrogens is 1. The van der Waals surface area contributed by atoms with E-state index in [4.69, 9.17) is 10.9 Å². The number of likely N-dealkylation sites (tertiary alicyclic amines) is 1. The van der Waals surface area contributed by atoms with Gasteiger partial charge in [0.25, 0.3) is 5.91 Å². The van der Waals surface area contributed by atoms with Gasteiger partial charge in [0.2, 0.25) is 5.56 Å². The molecule has 18 heavy (non-hydrogen) atoms. The highest BCUT2D eigenvalue weighted by molar-refractivity contribution is 5.98. The van der Waals surface area contributed by atoms with E-state index in [2.05, 4.69) is 10.1 Å². The summed E-state index contributed by atoms with van der Waals surface area (Å²) in [6.45, 7) is 0.554. The number of hydrogen-bond acceptors (Lipinski definition) is 4. The minimum atomic E-state index is -0.380. The number of carbonyl (C=O) groups is 1. The van der Waals surface area contributed by atoms with Crippen LogP contribution in [-0.4, -0.2) is 39.4 Å². The maximum atomic E-state index is 12.2. The van der Waals surface area contributed by atoms with Gasteiger partial charge in [-0.25, -0.2) is 0 Å². The number of carbonyl (C=O) groups excluding carboxylic acids is 1. The van der Waals surface area contributed by atoms with Gasteiger partial charge < -0.3 is 20.8 Å². The van der Waals surface area contributed by atoms with Gasteiger partial charge in [-0.05, 0) is 18.9 Å². The molecule has 0 aliphatic carbocycles. The molecule has 1 aromatic heterocycles. The van der Waals surface area contributed by atoms with E-state index in [0.29, 0.717) is 18.5 Å². The number of nitrogens with zero attached hydrogens (tertiary/aromatic N) is 2. The number of nitrogens with one attached hydrogen (secondary N) is 1. The summed E-state index contributed by atoms with van der Waals surface area (Å²) in [6.07, 6.45) is 2.84. The molecule has 1 aliphatic rings. The zero-order chi connectivity index (χ0) is 13.1. The van der Waals surface area contributed by atoms with Crippen LogP contribution in [0.1, 0.15) is 23.2 Å². The van der Waals surface area contributed by atoms with E-state index in [-0.39, 0.29) is 23.3 Å². The molecule has 0 spiro atoms. The van der Waals surface area contributed by atoms with E-state index in [1.807, 2.05) is 0 Å². The molecule has 1 aromatic rings. The number of H-pyrrole nitrogens is 1. The maximum Gasteiger partial charge on any atom is 0.255 e. The first-order valence-electron chi connectivity index (χ1n) is 5.60. The smallest absolute Gasteiger partial charge is 0.255 e. The number of aromatic amines is 1. The van der Waals surface area contributed by atoms with E-state index in [1.54, 1.807) is 4.90 Å². The molecule has 1 amide bonds. The number of hydrogen-bond donors (Lipinski definition) is 3. The highest BCUT2D eigenvalue weighted by Crippen LogP contribution is 2.19. The Hall–Kier alpha value is -2.31. The first kappa shape index (κ1) is 12.2. The second kappa shape index (κ2) is 4.91. The van der Waals surface area contributed by atoms with Crippen molar-refractivity contribution in [3.8, 4) is 0 Å². The molecule has 2 heterocycles. The van der Waals surface area contributed by atoms with Crippen molar-refractivity contribution in [3.63, 3.8) is 0 Å². The van der Waals surface area contributed by atoms with Crippen LogP contribution < -0.4 is 11.3 Å². The molecule has 1 aliphatic heterocycles. The summed E-state index contributed by atoms with van der Waals surface area (Å²) in [6, 6.07) is 2.37. The zero-order valence-electron chi connectivity index (χ0n) is 9.67. The molecule has 0 radical (unpaired) electrons. The summed E-state index contributed by atoms with van der Waals surface area (Å²) in [5.41, 5.74) is 5.68. The molecular formula is C11H14N4O3. The molecule has 0 aromatic carbocycles. The Morgan fingerprint density at radius 3 is 2.94 bits per heavy atom. The van der Waals surface area contributed by atoms with Crippen LogP contribution in [-0.2, 0) is 0 Å². The Balaban J connectivity index is 2.23. The molecule has 96 valence electrons. The molecule has 1 fully saturated rings. The normalized spacial score (nSPS) is 20.1. The molecule has 4 N–H and O–H groups in total. The monoisotopic (exact) mass is 250 g/mol. The highest BCUT2D eigenvalue weighted by Gasteiger charge is 2.32. The topological polar surface area (TPSA) is 112 Å². The highest BCUT2D eigenvalue weighted by atomic mass is 16.4. The molecule has 2 rings (SSSR count). The van der Waals surface area contributed by atoms with Crippen molar-refractivity contribution in [1.29, 1.82) is 0 Å². The van der Waals surface area contributed by atoms with Gasteiger partial charge in [0.1, 0.15) is 0 Å². The molecular weight excluding hydrogens is 236 g/mol. The van der Waals surface area contributed by atoms with E-state index in [1.165, 1.54) is 18.3 Å². The van der Waals surface area contributed by atoms with E-state index in [0.717, 1.165) is 6.42 Å². The predicted octanol–water partition coefficient (Wildman–Crippen LogP) is -0.274. The second-order valence-electron chi connectivity index (χ2n) is 4.12. The molecule has 1 saturated heterocycles. The Bertz CT molecular complexity index is 517. The van der Waals surface area contributed by atoms with Crippen LogP contribution in [0.15, 0.2) is 28.3 Å². The standard InChI is InChI=1S/C11H14N4O3/c12-10(14-18)8-2-1-5-15(8)11(17)7-3-4-9(16)13-6-7/h3-4,6,8,18H,1-2,5H2,(H2,12,14)(H,13,16). The third kappa shape index (κ3) is 2.20. The number of amidine groups is 1. The molecule has 7 nitrogen and oxygen atoms in total. The second-order valence-corrected chi connectivity index (χ2v) is 4.12. The molecule has 0 bridgehead atoms. The fourth-order valence-electron chi connectivity index (χ4n) is 2.09. The number of nitrogens with two attached hydrogens (primary N) is 1. The molecule has 7 heteroatoms. The SMILES string of the molecule is N/C(=N/O)C1CCCN1C(=O)c1ccc(=O)[nH]c1. The summed E-state index contributed by atoms with van der Waals surface area (Å²) in [4.78, 5) is 27.1. The van der Waals surface area contributed by atoms with Gasteiger partial charge in [0.05, 0.1) is 11.6 Å². The average molecular weight is 250 g/mol. The first-order valence-corrected chi connectivity index (χ1v) is 5.60. The van der Waals surface area contributed by atoms with Gasteiger partial charge in [-0.3, -0.25) is 9.59 Å². The zero-order valence-corrected chi connectivity index (χ0v) is 9.67. The summed E-state index contributed by atoms with van der Waals surface area (Å²) >= 11 is 0. The Kier molecular flexibility index (Phi) is 3.31. The van der Waals surface area contributed by atoms with Crippen molar-refractivity contribution < 1.29 is 10.0 Å². The van der Waals surface area contributed by atoms with Crippen LogP contribution in [0.2, 0.25) is 0 Å². The van der Waals surface area contributed by atoms with Crippen LogP contribution >= 0.6 is 0 Å². The first-order chi connectivity index (χ1) is 8.63. The van der Waals surface area contributed by atoms with E-state index < -0.39 is 0 Å². The van der Waals surface area contributed by atoms with Crippen molar-refractivity contribution in [3.05, 3.63) is 34.2 Å². The van der Waals surface area contributed by atoms with Crippen LogP contribution in [0.5, 0.6) is 0 Å². The third-order valence-corrected chi connectivity index (χ3v) is 3.00. The van der Waals surface area contributed by atoms with E-state index >= 15 is 0 Å². The minimum Gasteiger partial charge on any atom is -0.409 e. The maximum absolute atomic E-state index is 12.2. The Labute approximate surface area is 103 Å². The van der Waals surface area contributed by atoms with Gasteiger partial charge in [0, 0.05) is 18.8 Å². The van der Waals surface area contributed by atoms with Gasteiger partial charge in [-0.1, -0.05) is 5.16 Å². The summed E-state index contributed by atoms with van der Waals surface area (Å²) in [5.74, 6) is -0.203. The lowest BCUT2D eigenvalue weighted by Crippen LogP contribution is -2.44. The van der Waals surface area contributed by atoms with Gasteiger partial charge in [0.15, 0.2) is 5.84 Å². The van der Waals surface area contributed by atoms with Crippen molar-refractivity contribution in [2.45, 2.75) is 18.9 Å². The van der Waals surface area contributed by atoms with Crippen LogP contribution in [0.3, 0.4) is 0 Å². The van der Waals surface area contributed by atoms with Crippen molar-refractivity contribution in [2.75, 3.05) is 6.54 Å². The lowest BCUT2D eigenvalue weighted by atomic mass is 10.2. The molecule has 0 saturated carbocycles. The molecule has 1 atom stereocenters. The fourth-order valence-corrected chi connectivity index (χ4v) is 2.09. The number of amides is 1. The number of oxime groups is 1. The largest absolute Gasteiger partial charge is 0.409 e. The lowest BCUT2D eigenvalue weighted by molar-refractivity contribution is 0.0767. The lowest BCUT2D eigenvalue weighted by Gasteiger charge is -2.23. The van der Waals surface area contributed by atoms with Crippen molar-refractivity contribution in [2.24, 2.45) is 10.9 Å². The van der Waals surface area contributed by atoms with Gasteiger partial charge in [-0.2, -0.15) is 0 Å². The number of pyridine rings is 1. The summed E-state index contributed by atoms with van der Waals surface area (Å²) in [7, 11) is 0. The third-order valence-electron chi connectivity index (χ3n) is 3.00. The fraction of sp³-hybridized carbons (Fsp3) is 0.364. The Morgan fingerprint density at radius 1 is 1.56 bits per heavy atom. The van der Waals surface area contributed by atoms with Crippen LogP contribution in [0, 0.1) is 0 Å². The average Bonchev–Trinajstić information content (AvgIpc) is 2.87. The van der Waals surface area contributed by atoms with Crippen LogP contribution in [0.4, 0.5) is 0 Å². The van der Waals surface area contributed by atoms with Gasteiger partial charge >= 0.3 is 0 Å². The van der Waals surface area contributed by atoms with Crippen molar-refractivity contribution in [1.82, 2.24) is 9.88 Å². The van der Waals surface area contributed by atoms with Crippen LogP contribution in [0.25, 0.3) is 0 Å². The molecule has 1 unspecified atom stereocenters. The summed E-state index contributed by atoms with van der Waals surface area (Å²) < 4.78 is 0. The van der Waals surface area contributed by atoms with Crippen molar-refractivity contribution >= 4 is 11.7 Å². The van der Waals surface area contributed by atoms with Gasteiger partial charge in [-0.15, -0.1) is 0 Å². The Morgan fingerprint density at radius 2 is 2.33 bits per heavy atom. The van der Waals surface area contributed by atoms with E-state index in [9.17, 15) is 9.59 Å². The number of rotatable bonds is 2. The summed E-state index contributed by atoms with van der Waals surface area (Å²) in [5, 5.41) is 11.6. The predicted molar refractivity (Wildman–Crippen MR) is 64.5 cm³/mol. The quantitative estimate of drug-likeness (QED) is 0.290. The minimum absolute atomic E-state index is 0.0327.